The van der Waals surface area contributed by atoms with E-state index >= 15 is 0 Å². The lowest BCUT2D eigenvalue weighted by Crippen LogP contribution is -2.48. The Hall–Kier alpha value is -3.02. The molecule has 3 rings (SSSR count). The molecule has 1 N–H and O–H groups in total. The predicted octanol–water partition coefficient (Wildman–Crippen LogP) is 3.99. The van der Waals surface area contributed by atoms with Crippen LogP contribution in [0, 0.1) is 6.92 Å². The van der Waals surface area contributed by atoms with E-state index in [1.807, 2.05) is 49.4 Å². The molecule has 1 atom stereocenters. The second kappa shape index (κ2) is 10.8. The van der Waals surface area contributed by atoms with Gasteiger partial charge in [-0.3, -0.25) is 9.59 Å². The van der Waals surface area contributed by atoms with Crippen LogP contribution in [0.25, 0.3) is 0 Å². The number of rotatable bonds is 10. The number of amides is 2. The van der Waals surface area contributed by atoms with Crippen molar-refractivity contribution in [2.75, 3.05) is 13.3 Å². The molecule has 2 amide bonds. The van der Waals surface area contributed by atoms with Crippen molar-refractivity contribution in [3.63, 3.8) is 0 Å². The van der Waals surface area contributed by atoms with Crippen molar-refractivity contribution in [2.24, 2.45) is 0 Å². The number of carbonyl (C=O) groups excluding carboxylic acids is 2. The maximum Gasteiger partial charge on any atom is 0.242 e. The Bertz CT molecular complexity index is 912. The van der Waals surface area contributed by atoms with Crippen molar-refractivity contribution in [3.05, 3.63) is 59.2 Å². The third-order valence-corrected chi connectivity index (χ3v) is 5.66. The van der Waals surface area contributed by atoms with E-state index in [-0.39, 0.29) is 18.6 Å². The Morgan fingerprint density at radius 3 is 2.68 bits per heavy atom. The number of unbranched alkanes of at least 4 members (excludes halogenated alkanes) is 1. The average molecular weight is 425 g/mol. The zero-order valence-electron chi connectivity index (χ0n) is 18.6. The molecule has 1 unspecified atom stereocenters. The van der Waals surface area contributed by atoms with E-state index in [9.17, 15) is 9.59 Å². The van der Waals surface area contributed by atoms with Gasteiger partial charge in [0.15, 0.2) is 11.5 Å². The number of carbonyl (C=O) groups is 2. The zero-order chi connectivity index (χ0) is 22.2. The fourth-order valence-corrected chi connectivity index (χ4v) is 3.58. The first-order chi connectivity index (χ1) is 15.0. The normalized spacial score (nSPS) is 13.0. The minimum absolute atomic E-state index is 0.0425. The van der Waals surface area contributed by atoms with Crippen LogP contribution in [0.2, 0.25) is 0 Å². The molecule has 1 aliphatic rings. The van der Waals surface area contributed by atoms with Gasteiger partial charge < -0.3 is 19.7 Å². The number of nitrogens with zero attached hydrogens (tertiary/aromatic N) is 1. The van der Waals surface area contributed by atoms with E-state index in [0.717, 1.165) is 35.3 Å². The summed E-state index contributed by atoms with van der Waals surface area (Å²) in [6, 6.07) is 13.2. The van der Waals surface area contributed by atoms with Gasteiger partial charge in [0.05, 0.1) is 0 Å². The minimum atomic E-state index is -0.541. The number of hydrogen-bond acceptors (Lipinski definition) is 4. The highest BCUT2D eigenvalue weighted by Crippen LogP contribution is 2.32. The SMILES string of the molecule is CCCCNC(=O)C(C)N(Cc1ccccc1C)C(=O)CCc1ccc2c(c1)OCO2. The Morgan fingerprint density at radius 2 is 1.90 bits per heavy atom. The summed E-state index contributed by atoms with van der Waals surface area (Å²) in [5, 5.41) is 2.96. The summed E-state index contributed by atoms with van der Waals surface area (Å²) in [6.45, 7) is 7.18. The number of hydrogen-bond donors (Lipinski definition) is 1. The van der Waals surface area contributed by atoms with E-state index in [1.165, 1.54) is 0 Å². The molecule has 0 aliphatic carbocycles. The second-order valence-corrected chi connectivity index (χ2v) is 7.96. The van der Waals surface area contributed by atoms with Crippen LogP contribution in [0.4, 0.5) is 0 Å². The topological polar surface area (TPSA) is 67.9 Å². The van der Waals surface area contributed by atoms with Gasteiger partial charge in [-0.2, -0.15) is 0 Å². The summed E-state index contributed by atoms with van der Waals surface area (Å²) in [6.07, 6.45) is 2.83. The number of ether oxygens (including phenoxy) is 2. The smallest absolute Gasteiger partial charge is 0.242 e. The summed E-state index contributed by atoms with van der Waals surface area (Å²) >= 11 is 0. The highest BCUT2D eigenvalue weighted by atomic mass is 16.7. The van der Waals surface area contributed by atoms with E-state index in [0.29, 0.717) is 31.7 Å². The van der Waals surface area contributed by atoms with Crippen molar-refractivity contribution in [1.29, 1.82) is 0 Å². The molecule has 6 heteroatoms. The quantitative estimate of drug-likeness (QED) is 0.586. The first-order valence-corrected chi connectivity index (χ1v) is 11.0. The van der Waals surface area contributed by atoms with Crippen LogP contribution < -0.4 is 14.8 Å². The first-order valence-electron chi connectivity index (χ1n) is 11.0. The van der Waals surface area contributed by atoms with Gasteiger partial charge in [0.2, 0.25) is 18.6 Å². The standard InChI is InChI=1S/C25H32N2O4/c1-4-5-14-26-25(29)19(3)27(16-21-9-7-6-8-18(21)2)24(28)13-11-20-10-12-22-23(15-20)31-17-30-22/h6-10,12,15,19H,4-5,11,13-14,16-17H2,1-3H3,(H,26,29). The number of nitrogens with one attached hydrogen (secondary N) is 1. The van der Waals surface area contributed by atoms with E-state index < -0.39 is 6.04 Å². The van der Waals surface area contributed by atoms with Crippen molar-refractivity contribution in [3.8, 4) is 11.5 Å². The molecule has 0 radical (unpaired) electrons. The summed E-state index contributed by atoms with van der Waals surface area (Å²) < 4.78 is 10.8. The molecule has 0 aromatic heterocycles. The fourth-order valence-electron chi connectivity index (χ4n) is 3.58. The Kier molecular flexibility index (Phi) is 7.93. The summed E-state index contributed by atoms with van der Waals surface area (Å²) in [5.41, 5.74) is 3.16. The molecule has 31 heavy (non-hydrogen) atoms. The number of fused-ring (bicyclic) bond motifs is 1. The molecular formula is C25H32N2O4. The highest BCUT2D eigenvalue weighted by molar-refractivity contribution is 5.87. The van der Waals surface area contributed by atoms with E-state index in [2.05, 4.69) is 12.2 Å². The van der Waals surface area contributed by atoms with Gasteiger partial charge in [-0.15, -0.1) is 0 Å². The number of benzene rings is 2. The molecule has 2 aromatic carbocycles. The maximum absolute atomic E-state index is 13.2. The molecule has 2 aromatic rings. The molecule has 6 nitrogen and oxygen atoms in total. The molecule has 0 fully saturated rings. The van der Waals surface area contributed by atoms with Crippen LogP contribution in [0.15, 0.2) is 42.5 Å². The third kappa shape index (κ3) is 6.00. The van der Waals surface area contributed by atoms with Crippen molar-refractivity contribution in [2.45, 2.75) is 59.0 Å². The van der Waals surface area contributed by atoms with Gasteiger partial charge in [0.1, 0.15) is 6.04 Å². The summed E-state index contributed by atoms with van der Waals surface area (Å²) in [7, 11) is 0. The van der Waals surface area contributed by atoms with Gasteiger partial charge in [-0.1, -0.05) is 43.7 Å². The average Bonchev–Trinajstić information content (AvgIpc) is 3.24. The van der Waals surface area contributed by atoms with Gasteiger partial charge in [-0.25, -0.2) is 0 Å². The largest absolute Gasteiger partial charge is 0.454 e. The molecule has 166 valence electrons. The molecule has 0 bridgehead atoms. The zero-order valence-corrected chi connectivity index (χ0v) is 18.6. The maximum atomic E-state index is 13.2. The fraction of sp³-hybridized carbons (Fsp3) is 0.440. The van der Waals surface area contributed by atoms with Gasteiger partial charge >= 0.3 is 0 Å². The van der Waals surface area contributed by atoms with Crippen LogP contribution in [-0.2, 0) is 22.6 Å². The van der Waals surface area contributed by atoms with Gasteiger partial charge in [0.25, 0.3) is 0 Å². The molecule has 1 aliphatic heterocycles. The van der Waals surface area contributed by atoms with Crippen molar-refractivity contribution < 1.29 is 19.1 Å². The summed E-state index contributed by atoms with van der Waals surface area (Å²) in [4.78, 5) is 27.6. The lowest BCUT2D eigenvalue weighted by atomic mass is 10.1. The molecule has 0 saturated carbocycles. The Labute approximate surface area is 184 Å². The van der Waals surface area contributed by atoms with Crippen LogP contribution in [0.5, 0.6) is 11.5 Å². The van der Waals surface area contributed by atoms with Crippen LogP contribution >= 0.6 is 0 Å². The van der Waals surface area contributed by atoms with Crippen molar-refractivity contribution in [1.82, 2.24) is 10.2 Å². The Morgan fingerprint density at radius 1 is 1.13 bits per heavy atom. The summed E-state index contributed by atoms with van der Waals surface area (Å²) in [5.74, 6) is 1.29. The molecule has 0 saturated heterocycles. The van der Waals surface area contributed by atoms with Crippen LogP contribution in [-0.4, -0.2) is 36.1 Å². The lowest BCUT2D eigenvalue weighted by Gasteiger charge is -2.29. The highest BCUT2D eigenvalue weighted by Gasteiger charge is 2.26. The molecular weight excluding hydrogens is 392 g/mol. The van der Waals surface area contributed by atoms with Crippen LogP contribution in [0.1, 0.15) is 49.8 Å². The van der Waals surface area contributed by atoms with Crippen LogP contribution in [0.3, 0.4) is 0 Å². The molecule has 1 heterocycles. The van der Waals surface area contributed by atoms with Gasteiger partial charge in [0, 0.05) is 19.5 Å². The first kappa shape index (κ1) is 22.7. The second-order valence-electron chi connectivity index (χ2n) is 7.96. The number of aryl methyl sites for hydroxylation is 2. The van der Waals surface area contributed by atoms with E-state index in [4.69, 9.17) is 9.47 Å². The third-order valence-electron chi connectivity index (χ3n) is 5.66. The van der Waals surface area contributed by atoms with Gasteiger partial charge in [-0.05, 0) is 55.5 Å². The predicted molar refractivity (Wildman–Crippen MR) is 120 cm³/mol. The van der Waals surface area contributed by atoms with Crippen molar-refractivity contribution >= 4 is 11.8 Å². The Balaban J connectivity index is 1.70. The minimum Gasteiger partial charge on any atom is -0.454 e. The molecule has 0 spiro atoms. The lowest BCUT2D eigenvalue weighted by molar-refractivity contribution is -0.140. The van der Waals surface area contributed by atoms with E-state index in [1.54, 1.807) is 11.8 Å². The monoisotopic (exact) mass is 424 g/mol.